The van der Waals surface area contributed by atoms with Gasteiger partial charge in [0.25, 0.3) is 0 Å². The van der Waals surface area contributed by atoms with Crippen molar-refractivity contribution >= 4 is 12.6 Å². The van der Waals surface area contributed by atoms with Gasteiger partial charge in [-0.25, -0.2) is 0 Å². The quantitative estimate of drug-likeness (QED) is 0.610. The lowest BCUT2D eigenvalue weighted by Crippen LogP contribution is -2.41. The molecule has 0 N–H and O–H groups in total. The molecule has 0 spiro atoms. The summed E-state index contributed by atoms with van der Waals surface area (Å²) in [6, 6.07) is 7.81. The van der Waals surface area contributed by atoms with Gasteiger partial charge < -0.3 is 18.8 Å². The fourth-order valence-electron chi connectivity index (χ4n) is 2.01. The smallest absolute Gasteiger partial charge is 0.492 e. The minimum absolute atomic E-state index is 0.350. The topological polar surface area (TPSA) is 36.9 Å². The predicted molar refractivity (Wildman–Crippen MR) is 79.5 cm³/mol. The zero-order valence-electron chi connectivity index (χ0n) is 12.9. The Morgan fingerprint density at radius 3 is 2.20 bits per heavy atom. The van der Waals surface area contributed by atoms with Crippen molar-refractivity contribution in [2.75, 3.05) is 20.3 Å². The first-order valence-corrected chi connectivity index (χ1v) is 6.94. The van der Waals surface area contributed by atoms with E-state index in [4.69, 9.17) is 18.8 Å². The van der Waals surface area contributed by atoms with Crippen LogP contribution in [0, 0.1) is 0 Å². The summed E-state index contributed by atoms with van der Waals surface area (Å²) in [5.41, 5.74) is 0.219. The second kappa shape index (κ2) is 5.76. The maximum absolute atomic E-state index is 6.06. The number of hydrogen-bond donors (Lipinski definition) is 0. The maximum Gasteiger partial charge on any atom is 0.498 e. The number of hydrogen-bond acceptors (Lipinski definition) is 4. The molecule has 0 atom stereocenters. The Kier molecular flexibility index (Phi) is 4.42. The van der Waals surface area contributed by atoms with Gasteiger partial charge in [0.05, 0.1) is 17.8 Å². The van der Waals surface area contributed by atoms with E-state index < -0.39 is 7.12 Å². The molecule has 1 fully saturated rings. The summed E-state index contributed by atoms with van der Waals surface area (Å²) < 4.78 is 22.9. The lowest BCUT2D eigenvalue weighted by atomic mass is 9.78. The second-order valence-electron chi connectivity index (χ2n) is 5.97. The molecule has 1 aromatic rings. The van der Waals surface area contributed by atoms with Gasteiger partial charge >= 0.3 is 7.12 Å². The molecule has 1 aliphatic heterocycles. The average Bonchev–Trinajstić information content (AvgIpc) is 2.59. The third-order valence-electron chi connectivity index (χ3n) is 3.97. The molecular formula is C15H23BO4. The molecular weight excluding hydrogens is 255 g/mol. The molecule has 0 bridgehead atoms. The summed E-state index contributed by atoms with van der Waals surface area (Å²) in [6.07, 6.45) is 0. The van der Waals surface area contributed by atoms with Crippen molar-refractivity contribution < 1.29 is 18.8 Å². The number of methoxy groups -OCH3 is 1. The van der Waals surface area contributed by atoms with Crippen LogP contribution in [0.25, 0.3) is 0 Å². The molecule has 20 heavy (non-hydrogen) atoms. The first-order valence-electron chi connectivity index (χ1n) is 6.94. The molecule has 1 aliphatic rings. The molecule has 0 amide bonds. The SMILES string of the molecule is COCCOc1ccccc1B1OC(C)(C)C(C)(C)O1. The molecule has 0 radical (unpaired) electrons. The summed E-state index contributed by atoms with van der Waals surface area (Å²) in [6.45, 7) is 9.23. The first-order chi connectivity index (χ1) is 9.37. The molecule has 1 aromatic carbocycles. The normalized spacial score (nSPS) is 20.1. The van der Waals surface area contributed by atoms with Gasteiger partial charge in [0.2, 0.25) is 0 Å². The Morgan fingerprint density at radius 1 is 1.00 bits per heavy atom. The lowest BCUT2D eigenvalue weighted by molar-refractivity contribution is 0.00578. The monoisotopic (exact) mass is 278 g/mol. The number of benzene rings is 1. The largest absolute Gasteiger partial charge is 0.498 e. The standard InChI is InChI=1S/C15H23BO4/c1-14(2)15(3,4)20-16(19-14)12-8-6-7-9-13(12)18-11-10-17-5/h6-9H,10-11H2,1-5H3. The van der Waals surface area contributed by atoms with E-state index in [1.807, 2.05) is 52.0 Å². The molecule has 110 valence electrons. The molecule has 0 saturated carbocycles. The lowest BCUT2D eigenvalue weighted by Gasteiger charge is -2.32. The van der Waals surface area contributed by atoms with Crippen LogP contribution in [0.15, 0.2) is 24.3 Å². The summed E-state index contributed by atoms with van der Waals surface area (Å²) >= 11 is 0. The van der Waals surface area contributed by atoms with Gasteiger partial charge in [-0.15, -0.1) is 0 Å². The first kappa shape index (κ1) is 15.4. The van der Waals surface area contributed by atoms with E-state index in [1.165, 1.54) is 0 Å². The minimum Gasteiger partial charge on any atom is -0.492 e. The van der Waals surface area contributed by atoms with E-state index >= 15 is 0 Å². The van der Waals surface area contributed by atoms with Crippen LogP contribution in [0.2, 0.25) is 0 Å². The molecule has 2 rings (SSSR count). The molecule has 0 aromatic heterocycles. The van der Waals surface area contributed by atoms with Crippen LogP contribution in [0.4, 0.5) is 0 Å². The van der Waals surface area contributed by atoms with Crippen molar-refractivity contribution in [1.29, 1.82) is 0 Å². The van der Waals surface area contributed by atoms with Crippen LogP contribution in [0.1, 0.15) is 27.7 Å². The van der Waals surface area contributed by atoms with Gasteiger partial charge in [0.15, 0.2) is 0 Å². The number of ether oxygens (including phenoxy) is 2. The highest BCUT2D eigenvalue weighted by Gasteiger charge is 2.52. The highest BCUT2D eigenvalue weighted by molar-refractivity contribution is 6.63. The third kappa shape index (κ3) is 3.00. The van der Waals surface area contributed by atoms with Gasteiger partial charge in [0, 0.05) is 12.6 Å². The molecule has 4 nitrogen and oxygen atoms in total. The van der Waals surface area contributed by atoms with E-state index in [9.17, 15) is 0 Å². The van der Waals surface area contributed by atoms with Crippen molar-refractivity contribution in [3.63, 3.8) is 0 Å². The van der Waals surface area contributed by atoms with Gasteiger partial charge in [-0.2, -0.15) is 0 Å². The van der Waals surface area contributed by atoms with Crippen molar-refractivity contribution in [3.8, 4) is 5.75 Å². The Labute approximate surface area is 121 Å². The Bertz CT molecular complexity index is 443. The Morgan fingerprint density at radius 2 is 1.60 bits per heavy atom. The van der Waals surface area contributed by atoms with Gasteiger partial charge in [-0.1, -0.05) is 18.2 Å². The van der Waals surface area contributed by atoms with Crippen molar-refractivity contribution in [2.24, 2.45) is 0 Å². The maximum atomic E-state index is 6.06. The van der Waals surface area contributed by atoms with Crippen LogP contribution >= 0.6 is 0 Å². The Hall–Kier alpha value is -1.04. The molecule has 1 heterocycles. The predicted octanol–water partition coefficient (Wildman–Crippen LogP) is 2.01. The summed E-state index contributed by atoms with van der Waals surface area (Å²) in [5.74, 6) is 0.781. The molecule has 1 saturated heterocycles. The van der Waals surface area contributed by atoms with E-state index in [2.05, 4.69) is 0 Å². The fraction of sp³-hybridized carbons (Fsp3) is 0.600. The molecule has 5 heteroatoms. The highest BCUT2D eigenvalue weighted by atomic mass is 16.7. The second-order valence-corrected chi connectivity index (χ2v) is 5.97. The van der Waals surface area contributed by atoms with Gasteiger partial charge in [-0.3, -0.25) is 0 Å². The summed E-state index contributed by atoms with van der Waals surface area (Å²) in [5, 5.41) is 0. The minimum atomic E-state index is -0.404. The average molecular weight is 278 g/mol. The van der Waals surface area contributed by atoms with Crippen molar-refractivity contribution in [2.45, 2.75) is 38.9 Å². The third-order valence-corrected chi connectivity index (χ3v) is 3.97. The van der Waals surface area contributed by atoms with Crippen LogP contribution in [0.5, 0.6) is 5.75 Å². The van der Waals surface area contributed by atoms with Gasteiger partial charge in [0.1, 0.15) is 12.4 Å². The molecule has 0 aliphatic carbocycles. The van der Waals surface area contributed by atoms with Gasteiger partial charge in [-0.05, 0) is 33.8 Å². The van der Waals surface area contributed by atoms with E-state index in [1.54, 1.807) is 7.11 Å². The van der Waals surface area contributed by atoms with Crippen LogP contribution < -0.4 is 10.2 Å². The van der Waals surface area contributed by atoms with Crippen LogP contribution in [-0.4, -0.2) is 38.6 Å². The molecule has 0 unspecified atom stereocenters. The van der Waals surface area contributed by atoms with E-state index in [0.29, 0.717) is 13.2 Å². The van der Waals surface area contributed by atoms with Crippen LogP contribution in [0.3, 0.4) is 0 Å². The zero-order chi connectivity index (χ0) is 14.8. The van der Waals surface area contributed by atoms with Crippen molar-refractivity contribution in [1.82, 2.24) is 0 Å². The zero-order valence-corrected chi connectivity index (χ0v) is 12.9. The summed E-state index contributed by atoms with van der Waals surface area (Å²) in [7, 11) is 1.25. The highest BCUT2D eigenvalue weighted by Crippen LogP contribution is 2.37. The number of para-hydroxylation sites is 1. The van der Waals surface area contributed by atoms with E-state index in [0.717, 1.165) is 11.2 Å². The van der Waals surface area contributed by atoms with Crippen LogP contribution in [-0.2, 0) is 14.0 Å². The van der Waals surface area contributed by atoms with E-state index in [-0.39, 0.29) is 11.2 Å². The fourth-order valence-corrected chi connectivity index (χ4v) is 2.01. The Balaban J connectivity index is 2.17. The van der Waals surface area contributed by atoms with Crippen molar-refractivity contribution in [3.05, 3.63) is 24.3 Å². The summed E-state index contributed by atoms with van der Waals surface area (Å²) in [4.78, 5) is 0. The number of rotatable bonds is 5.